The van der Waals surface area contributed by atoms with Gasteiger partial charge in [0.1, 0.15) is 0 Å². The summed E-state index contributed by atoms with van der Waals surface area (Å²) in [6.07, 6.45) is 5.00. The van der Waals surface area contributed by atoms with Gasteiger partial charge in [0.25, 0.3) is 0 Å². The van der Waals surface area contributed by atoms with Crippen LogP contribution in [0.15, 0.2) is 0 Å². The fraction of sp³-hybridized carbons (Fsp3) is 1.00. The van der Waals surface area contributed by atoms with Crippen LogP contribution in [0.5, 0.6) is 0 Å². The predicted molar refractivity (Wildman–Crippen MR) is 63.3 cm³/mol. The van der Waals surface area contributed by atoms with Gasteiger partial charge in [-0.05, 0) is 32.1 Å². The van der Waals surface area contributed by atoms with Crippen LogP contribution in [-0.2, 0) is 14.6 Å². The lowest BCUT2D eigenvalue weighted by molar-refractivity contribution is 0.142. The monoisotopic (exact) mass is 247 g/mol. The lowest BCUT2D eigenvalue weighted by atomic mass is 10.1. The number of rotatable bonds is 2. The molecule has 16 heavy (non-hydrogen) atoms. The third-order valence-corrected chi connectivity index (χ3v) is 5.21. The van der Waals surface area contributed by atoms with E-state index in [0.717, 1.165) is 45.3 Å². The second kappa shape index (κ2) is 5.47. The summed E-state index contributed by atoms with van der Waals surface area (Å²) in [5.41, 5.74) is 0. The number of nitrogens with one attached hydrogen (secondary N) is 1. The molecular formula is C11H21NO3S. The number of ether oxygens (including phenoxy) is 1. The van der Waals surface area contributed by atoms with E-state index in [1.165, 1.54) is 0 Å². The molecule has 2 rings (SSSR count). The molecule has 0 radical (unpaired) electrons. The molecule has 94 valence electrons. The third kappa shape index (κ3) is 3.71. The van der Waals surface area contributed by atoms with E-state index in [4.69, 9.17) is 4.74 Å². The Hall–Kier alpha value is -0.130. The minimum Gasteiger partial charge on any atom is -0.381 e. The van der Waals surface area contributed by atoms with Crippen LogP contribution in [0.25, 0.3) is 0 Å². The molecule has 2 atom stereocenters. The summed E-state index contributed by atoms with van der Waals surface area (Å²) in [6, 6.07) is 0.614. The molecule has 2 aliphatic rings. The van der Waals surface area contributed by atoms with Crippen LogP contribution in [0.3, 0.4) is 0 Å². The van der Waals surface area contributed by atoms with Crippen molar-refractivity contribution in [1.29, 1.82) is 0 Å². The van der Waals surface area contributed by atoms with Crippen LogP contribution in [0.4, 0.5) is 0 Å². The molecule has 0 aromatic rings. The van der Waals surface area contributed by atoms with Crippen LogP contribution in [0.1, 0.15) is 32.1 Å². The molecular weight excluding hydrogens is 226 g/mol. The van der Waals surface area contributed by atoms with E-state index in [0.29, 0.717) is 17.5 Å². The minimum atomic E-state index is -2.79. The Morgan fingerprint density at radius 3 is 2.62 bits per heavy atom. The molecule has 5 heteroatoms. The van der Waals surface area contributed by atoms with Crippen molar-refractivity contribution in [1.82, 2.24) is 5.32 Å². The second-order valence-corrected chi connectivity index (χ2v) is 7.09. The summed E-state index contributed by atoms with van der Waals surface area (Å²) in [7, 11) is -2.79. The van der Waals surface area contributed by atoms with Crippen molar-refractivity contribution < 1.29 is 13.2 Å². The molecule has 0 aliphatic carbocycles. The largest absolute Gasteiger partial charge is 0.381 e. The van der Waals surface area contributed by atoms with Crippen molar-refractivity contribution in [3.8, 4) is 0 Å². The normalized spacial score (nSPS) is 35.5. The number of sulfone groups is 1. The van der Waals surface area contributed by atoms with E-state index in [1.807, 2.05) is 0 Å². The van der Waals surface area contributed by atoms with Crippen LogP contribution in [-0.4, -0.2) is 45.2 Å². The third-order valence-electron chi connectivity index (χ3n) is 3.39. The van der Waals surface area contributed by atoms with Gasteiger partial charge in [0, 0.05) is 25.3 Å². The summed E-state index contributed by atoms with van der Waals surface area (Å²) >= 11 is 0. The van der Waals surface area contributed by atoms with E-state index in [9.17, 15) is 8.42 Å². The Kier molecular flexibility index (Phi) is 4.21. The summed E-state index contributed by atoms with van der Waals surface area (Å²) in [5.74, 6) is 0.698. The smallest absolute Gasteiger partial charge is 0.151 e. The van der Waals surface area contributed by atoms with Gasteiger partial charge in [-0.15, -0.1) is 0 Å². The van der Waals surface area contributed by atoms with Crippen molar-refractivity contribution >= 4 is 9.84 Å². The molecule has 0 aromatic heterocycles. The maximum absolute atomic E-state index is 11.5. The highest BCUT2D eigenvalue weighted by Gasteiger charge is 2.26. The Morgan fingerprint density at radius 1 is 1.00 bits per heavy atom. The molecule has 0 bridgehead atoms. The average molecular weight is 247 g/mol. The summed E-state index contributed by atoms with van der Waals surface area (Å²) < 4.78 is 28.4. The standard InChI is InChI=1S/C11H21NO3S/c13-16(14)8-2-4-11(9-16)12-10-3-1-6-15-7-5-10/h10-12H,1-9H2. The first-order chi connectivity index (χ1) is 7.66. The lowest BCUT2D eigenvalue weighted by Gasteiger charge is -2.27. The quantitative estimate of drug-likeness (QED) is 0.781. The van der Waals surface area contributed by atoms with Crippen molar-refractivity contribution in [3.05, 3.63) is 0 Å². The molecule has 1 N–H and O–H groups in total. The highest BCUT2D eigenvalue weighted by Crippen LogP contribution is 2.15. The first-order valence-electron chi connectivity index (χ1n) is 6.20. The first kappa shape index (κ1) is 12.3. The van der Waals surface area contributed by atoms with Gasteiger partial charge in [-0.25, -0.2) is 8.42 Å². The van der Waals surface area contributed by atoms with Gasteiger partial charge >= 0.3 is 0 Å². The zero-order valence-corrected chi connectivity index (χ0v) is 10.5. The van der Waals surface area contributed by atoms with E-state index < -0.39 is 9.84 Å². The fourth-order valence-electron chi connectivity index (χ4n) is 2.56. The van der Waals surface area contributed by atoms with Crippen LogP contribution < -0.4 is 5.32 Å². The van der Waals surface area contributed by atoms with Crippen molar-refractivity contribution in [2.75, 3.05) is 24.7 Å². The minimum absolute atomic E-state index is 0.168. The highest BCUT2D eigenvalue weighted by molar-refractivity contribution is 7.91. The van der Waals surface area contributed by atoms with E-state index in [-0.39, 0.29) is 6.04 Å². The van der Waals surface area contributed by atoms with E-state index in [1.54, 1.807) is 0 Å². The van der Waals surface area contributed by atoms with Gasteiger partial charge in [0.2, 0.25) is 0 Å². The molecule has 2 aliphatic heterocycles. The summed E-state index contributed by atoms with van der Waals surface area (Å²) in [4.78, 5) is 0. The number of hydrogen-bond acceptors (Lipinski definition) is 4. The van der Waals surface area contributed by atoms with Crippen molar-refractivity contribution in [2.24, 2.45) is 0 Å². The maximum atomic E-state index is 11.5. The average Bonchev–Trinajstić information content (AvgIpc) is 2.45. The van der Waals surface area contributed by atoms with Gasteiger partial charge in [-0.1, -0.05) is 0 Å². The van der Waals surface area contributed by atoms with Crippen LogP contribution >= 0.6 is 0 Å². The van der Waals surface area contributed by atoms with Crippen LogP contribution in [0.2, 0.25) is 0 Å². The first-order valence-corrected chi connectivity index (χ1v) is 8.02. The van der Waals surface area contributed by atoms with E-state index >= 15 is 0 Å². The van der Waals surface area contributed by atoms with Gasteiger partial charge in [-0.2, -0.15) is 0 Å². The Bertz CT molecular complexity index is 307. The molecule has 0 aromatic carbocycles. The molecule has 2 fully saturated rings. The van der Waals surface area contributed by atoms with Gasteiger partial charge in [0.05, 0.1) is 11.5 Å². The zero-order valence-electron chi connectivity index (χ0n) is 9.65. The molecule has 2 unspecified atom stereocenters. The van der Waals surface area contributed by atoms with Gasteiger partial charge < -0.3 is 10.1 Å². The topological polar surface area (TPSA) is 55.4 Å². The molecule has 4 nitrogen and oxygen atoms in total. The maximum Gasteiger partial charge on any atom is 0.151 e. The van der Waals surface area contributed by atoms with Gasteiger partial charge in [-0.3, -0.25) is 0 Å². The van der Waals surface area contributed by atoms with Crippen molar-refractivity contribution in [3.63, 3.8) is 0 Å². The van der Waals surface area contributed by atoms with Gasteiger partial charge in [0.15, 0.2) is 9.84 Å². The fourth-order valence-corrected chi connectivity index (χ4v) is 4.21. The molecule has 2 heterocycles. The SMILES string of the molecule is O=S1(=O)CCCC(NC2CCCOCC2)C1. The zero-order chi connectivity index (χ0) is 11.4. The molecule has 0 amide bonds. The Labute approximate surface area is 97.7 Å². The second-order valence-electron chi connectivity index (χ2n) is 4.86. The van der Waals surface area contributed by atoms with Crippen molar-refractivity contribution in [2.45, 2.75) is 44.2 Å². The molecule has 2 saturated heterocycles. The Balaban J connectivity index is 1.83. The van der Waals surface area contributed by atoms with Crippen LogP contribution in [0, 0.1) is 0 Å². The summed E-state index contributed by atoms with van der Waals surface area (Å²) in [6.45, 7) is 1.65. The molecule has 0 spiro atoms. The van der Waals surface area contributed by atoms with E-state index in [2.05, 4.69) is 5.32 Å². The highest BCUT2D eigenvalue weighted by atomic mass is 32.2. The number of hydrogen-bond donors (Lipinski definition) is 1. The molecule has 0 saturated carbocycles. The predicted octanol–water partition coefficient (Wildman–Crippen LogP) is 0.722. The Morgan fingerprint density at radius 2 is 1.81 bits per heavy atom. The lowest BCUT2D eigenvalue weighted by Crippen LogP contribution is -2.45. The summed E-state index contributed by atoms with van der Waals surface area (Å²) in [5, 5.41) is 3.49.